The number of anilines is 1. The van der Waals surface area contributed by atoms with Crippen molar-refractivity contribution in [2.24, 2.45) is 0 Å². The van der Waals surface area contributed by atoms with Crippen LogP contribution >= 0.6 is 11.6 Å². The van der Waals surface area contributed by atoms with Gasteiger partial charge in [-0.1, -0.05) is 23.7 Å². The predicted octanol–water partition coefficient (Wildman–Crippen LogP) is 3.43. The Bertz CT molecular complexity index is 688. The third-order valence-corrected chi connectivity index (χ3v) is 2.91. The van der Waals surface area contributed by atoms with Crippen molar-refractivity contribution in [1.82, 2.24) is 0 Å². The minimum absolute atomic E-state index is 0.124. The molecule has 2 rings (SSSR count). The zero-order valence-electron chi connectivity index (χ0n) is 10.1. The van der Waals surface area contributed by atoms with Gasteiger partial charge in [0, 0.05) is 0 Å². The van der Waals surface area contributed by atoms with E-state index in [2.05, 4.69) is 5.32 Å². The highest BCUT2D eigenvalue weighted by atomic mass is 35.5. The Balaban J connectivity index is 2.30. The van der Waals surface area contributed by atoms with Gasteiger partial charge in [0.15, 0.2) is 0 Å². The van der Waals surface area contributed by atoms with E-state index in [9.17, 15) is 14.0 Å². The van der Waals surface area contributed by atoms with Crippen molar-refractivity contribution >= 4 is 29.2 Å². The van der Waals surface area contributed by atoms with Crippen LogP contribution < -0.4 is 5.32 Å². The van der Waals surface area contributed by atoms with Crippen LogP contribution in [-0.2, 0) is 0 Å². The van der Waals surface area contributed by atoms with E-state index >= 15 is 0 Å². The Morgan fingerprint density at radius 3 is 2.50 bits per heavy atom. The fourth-order valence-electron chi connectivity index (χ4n) is 1.59. The highest BCUT2D eigenvalue weighted by Crippen LogP contribution is 2.20. The summed E-state index contributed by atoms with van der Waals surface area (Å²) in [5.74, 6) is -2.55. The first kappa shape index (κ1) is 14.0. The Labute approximate surface area is 118 Å². The number of benzene rings is 2. The lowest BCUT2D eigenvalue weighted by Gasteiger charge is -2.08. The first-order valence-corrected chi connectivity index (χ1v) is 5.95. The summed E-state index contributed by atoms with van der Waals surface area (Å²) in [6.45, 7) is 0. The standard InChI is InChI=1S/C14H9ClFNO3/c15-10-4-2-1-3-9(10)13(18)17-12-7-8(14(19)20)5-6-11(12)16/h1-7H,(H,17,18)(H,19,20). The largest absolute Gasteiger partial charge is 0.478 e. The lowest BCUT2D eigenvalue weighted by atomic mass is 10.1. The summed E-state index contributed by atoms with van der Waals surface area (Å²) in [6.07, 6.45) is 0. The number of aromatic carboxylic acids is 1. The maximum Gasteiger partial charge on any atom is 0.335 e. The van der Waals surface area contributed by atoms with E-state index in [1.165, 1.54) is 12.1 Å². The second-order valence-electron chi connectivity index (χ2n) is 3.93. The Morgan fingerprint density at radius 1 is 1.15 bits per heavy atom. The lowest BCUT2D eigenvalue weighted by molar-refractivity contribution is 0.0696. The molecule has 2 N–H and O–H groups in total. The van der Waals surface area contributed by atoms with Crippen LogP contribution in [0.5, 0.6) is 0 Å². The van der Waals surface area contributed by atoms with Crippen LogP contribution in [0, 0.1) is 5.82 Å². The summed E-state index contributed by atoms with van der Waals surface area (Å²) < 4.78 is 13.6. The molecule has 0 saturated carbocycles. The van der Waals surface area contributed by atoms with Gasteiger partial charge in [-0.05, 0) is 30.3 Å². The first-order valence-electron chi connectivity index (χ1n) is 5.58. The predicted molar refractivity (Wildman–Crippen MR) is 72.8 cm³/mol. The number of carbonyl (C=O) groups excluding carboxylic acids is 1. The van der Waals surface area contributed by atoms with E-state index in [0.29, 0.717) is 0 Å². The van der Waals surface area contributed by atoms with Gasteiger partial charge < -0.3 is 10.4 Å². The van der Waals surface area contributed by atoms with Crippen molar-refractivity contribution in [3.05, 3.63) is 64.4 Å². The summed E-state index contributed by atoms with van der Waals surface area (Å²) in [7, 11) is 0. The maximum atomic E-state index is 13.6. The fraction of sp³-hybridized carbons (Fsp3) is 0. The van der Waals surface area contributed by atoms with Crippen molar-refractivity contribution in [2.75, 3.05) is 5.32 Å². The van der Waals surface area contributed by atoms with E-state index in [4.69, 9.17) is 16.7 Å². The maximum absolute atomic E-state index is 13.6. The quantitative estimate of drug-likeness (QED) is 0.911. The Hall–Kier alpha value is -2.40. The van der Waals surface area contributed by atoms with Crippen LogP contribution in [0.2, 0.25) is 5.02 Å². The molecule has 0 bridgehead atoms. The summed E-state index contributed by atoms with van der Waals surface area (Å²) in [4.78, 5) is 22.8. The lowest BCUT2D eigenvalue weighted by Crippen LogP contribution is -2.14. The number of hydrogen-bond acceptors (Lipinski definition) is 2. The molecule has 6 heteroatoms. The minimum Gasteiger partial charge on any atom is -0.478 e. The molecule has 0 aliphatic heterocycles. The van der Waals surface area contributed by atoms with Crippen molar-refractivity contribution < 1.29 is 19.1 Å². The molecule has 102 valence electrons. The number of carboxylic acids is 1. The normalized spacial score (nSPS) is 10.1. The molecule has 0 radical (unpaired) electrons. The molecular weight excluding hydrogens is 285 g/mol. The van der Waals surface area contributed by atoms with Gasteiger partial charge in [0.1, 0.15) is 5.82 Å². The number of amides is 1. The highest BCUT2D eigenvalue weighted by molar-refractivity contribution is 6.34. The number of halogens is 2. The second kappa shape index (κ2) is 5.71. The monoisotopic (exact) mass is 293 g/mol. The second-order valence-corrected chi connectivity index (χ2v) is 4.34. The van der Waals surface area contributed by atoms with E-state index < -0.39 is 17.7 Å². The van der Waals surface area contributed by atoms with Gasteiger partial charge in [0.2, 0.25) is 0 Å². The third-order valence-electron chi connectivity index (χ3n) is 2.58. The number of rotatable bonds is 3. The van der Waals surface area contributed by atoms with Gasteiger partial charge in [-0.25, -0.2) is 9.18 Å². The van der Waals surface area contributed by atoms with Gasteiger partial charge >= 0.3 is 5.97 Å². The Morgan fingerprint density at radius 2 is 1.85 bits per heavy atom. The van der Waals surface area contributed by atoms with Crippen molar-refractivity contribution in [3.8, 4) is 0 Å². The molecule has 4 nitrogen and oxygen atoms in total. The van der Waals surface area contributed by atoms with E-state index in [-0.39, 0.29) is 21.8 Å². The average Bonchev–Trinajstić information content (AvgIpc) is 2.41. The van der Waals surface area contributed by atoms with Gasteiger partial charge in [-0.3, -0.25) is 4.79 Å². The van der Waals surface area contributed by atoms with Gasteiger partial charge in [-0.2, -0.15) is 0 Å². The molecule has 0 aromatic heterocycles. The molecule has 20 heavy (non-hydrogen) atoms. The van der Waals surface area contributed by atoms with Gasteiger partial charge in [0.25, 0.3) is 5.91 Å². The van der Waals surface area contributed by atoms with E-state index in [1.54, 1.807) is 12.1 Å². The smallest absolute Gasteiger partial charge is 0.335 e. The number of nitrogens with one attached hydrogen (secondary N) is 1. The molecule has 1 amide bonds. The SMILES string of the molecule is O=C(O)c1ccc(F)c(NC(=O)c2ccccc2Cl)c1. The fourth-order valence-corrected chi connectivity index (χ4v) is 1.81. The first-order chi connectivity index (χ1) is 9.49. The number of carboxylic acid groups (broad SMARTS) is 1. The molecule has 2 aromatic rings. The molecule has 0 fully saturated rings. The molecule has 0 saturated heterocycles. The minimum atomic E-state index is -1.21. The molecule has 0 heterocycles. The highest BCUT2D eigenvalue weighted by Gasteiger charge is 2.14. The molecule has 0 atom stereocenters. The van der Waals surface area contributed by atoms with Crippen LogP contribution in [0.25, 0.3) is 0 Å². The average molecular weight is 294 g/mol. The van der Waals surface area contributed by atoms with Crippen LogP contribution in [0.15, 0.2) is 42.5 Å². The topological polar surface area (TPSA) is 66.4 Å². The zero-order chi connectivity index (χ0) is 14.7. The van der Waals surface area contributed by atoms with E-state index in [1.807, 2.05) is 0 Å². The molecule has 2 aromatic carbocycles. The number of hydrogen-bond donors (Lipinski definition) is 2. The summed E-state index contributed by atoms with van der Waals surface area (Å²) >= 11 is 5.86. The van der Waals surface area contributed by atoms with Crippen molar-refractivity contribution in [1.29, 1.82) is 0 Å². The third kappa shape index (κ3) is 2.95. The molecular formula is C14H9ClFNO3. The summed E-state index contributed by atoms with van der Waals surface area (Å²) in [5, 5.41) is 11.4. The van der Waals surface area contributed by atoms with Crippen LogP contribution in [0.1, 0.15) is 20.7 Å². The Kier molecular flexibility index (Phi) is 4.00. The van der Waals surface area contributed by atoms with Crippen LogP contribution in [0.4, 0.5) is 10.1 Å². The summed E-state index contributed by atoms with van der Waals surface area (Å²) in [5.41, 5.74) is -0.162. The van der Waals surface area contributed by atoms with Gasteiger partial charge in [0.05, 0.1) is 21.8 Å². The molecule has 0 unspecified atom stereocenters. The molecule has 0 aliphatic rings. The van der Waals surface area contributed by atoms with Gasteiger partial charge in [-0.15, -0.1) is 0 Å². The van der Waals surface area contributed by atoms with Crippen molar-refractivity contribution in [2.45, 2.75) is 0 Å². The summed E-state index contributed by atoms with van der Waals surface area (Å²) in [6, 6.07) is 9.42. The zero-order valence-corrected chi connectivity index (χ0v) is 10.8. The molecule has 0 aliphatic carbocycles. The van der Waals surface area contributed by atoms with E-state index in [0.717, 1.165) is 18.2 Å². The molecule has 0 spiro atoms. The van der Waals surface area contributed by atoms with Crippen molar-refractivity contribution in [3.63, 3.8) is 0 Å². The van der Waals surface area contributed by atoms with Crippen LogP contribution in [-0.4, -0.2) is 17.0 Å². The van der Waals surface area contributed by atoms with Crippen LogP contribution in [0.3, 0.4) is 0 Å². The number of carbonyl (C=O) groups is 2.